The molecule has 0 bridgehead atoms. The standard InChI is InChI=1S/C13H26N2O2/c1-10(16)8-12(2,3)9-15-11(17)13(14)6-4-5-7-13/h10,16H,4-9,14H2,1-3H3,(H,15,17). The van der Waals surface area contributed by atoms with Crippen molar-refractivity contribution in [2.45, 2.75) is 64.5 Å². The quantitative estimate of drug-likeness (QED) is 0.677. The molecule has 1 fully saturated rings. The molecule has 0 aliphatic heterocycles. The maximum atomic E-state index is 12.0. The predicted molar refractivity (Wildman–Crippen MR) is 68.5 cm³/mol. The fraction of sp³-hybridized carbons (Fsp3) is 0.923. The van der Waals surface area contributed by atoms with E-state index in [0.29, 0.717) is 13.0 Å². The van der Waals surface area contributed by atoms with Gasteiger partial charge in [-0.05, 0) is 31.6 Å². The molecule has 1 unspecified atom stereocenters. The fourth-order valence-electron chi connectivity index (χ4n) is 2.60. The van der Waals surface area contributed by atoms with Crippen molar-refractivity contribution in [3.8, 4) is 0 Å². The van der Waals surface area contributed by atoms with E-state index in [-0.39, 0.29) is 17.4 Å². The number of nitrogens with two attached hydrogens (primary N) is 1. The normalized spacial score (nSPS) is 21.2. The predicted octanol–water partition coefficient (Wildman–Crippen LogP) is 1.17. The molecule has 0 aromatic carbocycles. The third-order valence-electron chi connectivity index (χ3n) is 3.52. The summed E-state index contributed by atoms with van der Waals surface area (Å²) >= 11 is 0. The molecule has 0 aromatic heterocycles. The van der Waals surface area contributed by atoms with Crippen molar-refractivity contribution < 1.29 is 9.90 Å². The lowest BCUT2D eigenvalue weighted by Crippen LogP contribution is -2.53. The smallest absolute Gasteiger partial charge is 0.240 e. The summed E-state index contributed by atoms with van der Waals surface area (Å²) in [5.74, 6) is -0.0336. The van der Waals surface area contributed by atoms with Crippen LogP contribution in [0, 0.1) is 5.41 Å². The molecule has 1 amide bonds. The molecular weight excluding hydrogens is 216 g/mol. The number of carbonyl (C=O) groups excluding carboxylic acids is 1. The maximum absolute atomic E-state index is 12.0. The molecule has 0 spiro atoms. The highest BCUT2D eigenvalue weighted by molar-refractivity contribution is 5.86. The van der Waals surface area contributed by atoms with Gasteiger partial charge in [0.25, 0.3) is 0 Å². The summed E-state index contributed by atoms with van der Waals surface area (Å²) in [4.78, 5) is 12.0. The lowest BCUT2D eigenvalue weighted by molar-refractivity contribution is -0.126. The van der Waals surface area contributed by atoms with Gasteiger partial charge in [-0.1, -0.05) is 26.7 Å². The zero-order valence-electron chi connectivity index (χ0n) is 11.3. The Morgan fingerprint density at radius 1 is 1.47 bits per heavy atom. The van der Waals surface area contributed by atoms with Crippen molar-refractivity contribution in [2.24, 2.45) is 11.1 Å². The monoisotopic (exact) mass is 242 g/mol. The second kappa shape index (κ2) is 5.36. The third kappa shape index (κ3) is 4.28. The number of nitrogens with one attached hydrogen (secondary N) is 1. The van der Waals surface area contributed by atoms with Gasteiger partial charge in [0.05, 0.1) is 11.6 Å². The summed E-state index contributed by atoms with van der Waals surface area (Å²) in [7, 11) is 0. The Morgan fingerprint density at radius 3 is 2.47 bits per heavy atom. The van der Waals surface area contributed by atoms with Crippen LogP contribution in [-0.2, 0) is 4.79 Å². The van der Waals surface area contributed by atoms with Gasteiger partial charge in [-0.15, -0.1) is 0 Å². The van der Waals surface area contributed by atoms with Crippen LogP contribution in [-0.4, -0.2) is 29.2 Å². The molecule has 0 heterocycles. The van der Waals surface area contributed by atoms with Gasteiger partial charge in [-0.25, -0.2) is 0 Å². The highest BCUT2D eigenvalue weighted by Crippen LogP contribution is 2.28. The number of hydrogen-bond donors (Lipinski definition) is 3. The average molecular weight is 242 g/mol. The second-order valence-corrected chi connectivity index (χ2v) is 6.26. The van der Waals surface area contributed by atoms with E-state index in [1.807, 2.05) is 13.8 Å². The van der Waals surface area contributed by atoms with Crippen molar-refractivity contribution in [1.82, 2.24) is 5.32 Å². The van der Waals surface area contributed by atoms with Gasteiger partial charge < -0.3 is 16.2 Å². The van der Waals surface area contributed by atoms with Crippen LogP contribution in [0.5, 0.6) is 0 Å². The van der Waals surface area contributed by atoms with Gasteiger partial charge in [-0.3, -0.25) is 4.79 Å². The number of carbonyl (C=O) groups is 1. The SMILES string of the molecule is CC(O)CC(C)(C)CNC(=O)C1(N)CCCC1. The van der Waals surface area contributed by atoms with Crippen molar-refractivity contribution in [3.63, 3.8) is 0 Å². The maximum Gasteiger partial charge on any atom is 0.240 e. The molecule has 1 aliphatic rings. The summed E-state index contributed by atoms with van der Waals surface area (Å²) in [5.41, 5.74) is 5.32. The van der Waals surface area contributed by atoms with Crippen LogP contribution in [0.3, 0.4) is 0 Å². The van der Waals surface area contributed by atoms with Gasteiger partial charge >= 0.3 is 0 Å². The summed E-state index contributed by atoms with van der Waals surface area (Å²) in [6, 6.07) is 0. The number of rotatable bonds is 5. The first-order valence-corrected chi connectivity index (χ1v) is 6.50. The Balaban J connectivity index is 2.42. The van der Waals surface area contributed by atoms with E-state index in [2.05, 4.69) is 5.32 Å². The molecule has 1 rings (SSSR count). The summed E-state index contributed by atoms with van der Waals surface area (Å²) in [5, 5.41) is 12.3. The molecule has 1 atom stereocenters. The fourth-order valence-corrected chi connectivity index (χ4v) is 2.60. The van der Waals surface area contributed by atoms with Crippen LogP contribution < -0.4 is 11.1 Å². The minimum Gasteiger partial charge on any atom is -0.393 e. The molecule has 17 heavy (non-hydrogen) atoms. The molecule has 0 aromatic rings. The van der Waals surface area contributed by atoms with Crippen LogP contribution in [0.15, 0.2) is 0 Å². The molecule has 4 nitrogen and oxygen atoms in total. The zero-order valence-corrected chi connectivity index (χ0v) is 11.3. The number of hydrogen-bond acceptors (Lipinski definition) is 3. The zero-order chi connectivity index (χ0) is 13.1. The van der Waals surface area contributed by atoms with E-state index in [1.54, 1.807) is 6.92 Å². The molecule has 0 radical (unpaired) electrons. The van der Waals surface area contributed by atoms with Gasteiger partial charge in [0.15, 0.2) is 0 Å². The lowest BCUT2D eigenvalue weighted by atomic mass is 9.86. The topological polar surface area (TPSA) is 75.3 Å². The van der Waals surface area contributed by atoms with Crippen LogP contribution in [0.4, 0.5) is 0 Å². The minimum atomic E-state index is -0.652. The van der Waals surface area contributed by atoms with Crippen molar-refractivity contribution in [3.05, 3.63) is 0 Å². The number of amides is 1. The van der Waals surface area contributed by atoms with Crippen LogP contribution in [0.2, 0.25) is 0 Å². The number of aliphatic hydroxyl groups excluding tert-OH is 1. The largest absolute Gasteiger partial charge is 0.393 e. The Hall–Kier alpha value is -0.610. The molecule has 100 valence electrons. The second-order valence-electron chi connectivity index (χ2n) is 6.26. The van der Waals surface area contributed by atoms with Gasteiger partial charge in [0.2, 0.25) is 5.91 Å². The summed E-state index contributed by atoms with van der Waals surface area (Å²) in [6.07, 6.45) is 3.98. The van der Waals surface area contributed by atoms with Gasteiger partial charge in [-0.2, -0.15) is 0 Å². The molecule has 4 N–H and O–H groups in total. The third-order valence-corrected chi connectivity index (χ3v) is 3.52. The van der Waals surface area contributed by atoms with Gasteiger partial charge in [0, 0.05) is 6.54 Å². The molecule has 4 heteroatoms. The molecule has 1 aliphatic carbocycles. The molecular formula is C13H26N2O2. The van der Waals surface area contributed by atoms with E-state index in [9.17, 15) is 9.90 Å². The van der Waals surface area contributed by atoms with Crippen LogP contribution >= 0.6 is 0 Å². The first-order valence-electron chi connectivity index (χ1n) is 6.50. The van der Waals surface area contributed by atoms with E-state index in [1.165, 1.54) is 0 Å². The van der Waals surface area contributed by atoms with Crippen LogP contribution in [0.1, 0.15) is 52.9 Å². The van der Waals surface area contributed by atoms with Gasteiger partial charge in [0.1, 0.15) is 0 Å². The van der Waals surface area contributed by atoms with E-state index < -0.39 is 5.54 Å². The minimum absolute atomic E-state index is 0.0336. The highest BCUT2D eigenvalue weighted by atomic mass is 16.3. The van der Waals surface area contributed by atoms with Crippen LogP contribution in [0.25, 0.3) is 0 Å². The first kappa shape index (κ1) is 14.5. The van der Waals surface area contributed by atoms with Crippen molar-refractivity contribution in [2.75, 3.05) is 6.54 Å². The summed E-state index contributed by atoms with van der Waals surface area (Å²) < 4.78 is 0. The first-order chi connectivity index (χ1) is 7.75. The Labute approximate surface area is 104 Å². The van der Waals surface area contributed by atoms with E-state index in [4.69, 9.17) is 5.73 Å². The summed E-state index contributed by atoms with van der Waals surface area (Å²) in [6.45, 7) is 6.41. The van der Waals surface area contributed by atoms with E-state index >= 15 is 0 Å². The Morgan fingerprint density at radius 2 is 2.00 bits per heavy atom. The molecule has 0 saturated heterocycles. The molecule has 1 saturated carbocycles. The lowest BCUT2D eigenvalue weighted by Gasteiger charge is -2.29. The average Bonchev–Trinajstić information content (AvgIpc) is 2.61. The highest BCUT2D eigenvalue weighted by Gasteiger charge is 2.37. The van der Waals surface area contributed by atoms with Crippen molar-refractivity contribution >= 4 is 5.91 Å². The van der Waals surface area contributed by atoms with E-state index in [0.717, 1.165) is 25.7 Å². The Kier molecular flexibility index (Phi) is 4.55. The Bertz CT molecular complexity index is 269. The number of aliphatic hydroxyl groups is 1. The van der Waals surface area contributed by atoms with Crippen molar-refractivity contribution in [1.29, 1.82) is 0 Å².